The van der Waals surface area contributed by atoms with Gasteiger partial charge in [-0.05, 0) is 63.3 Å². The number of carbonyl (C=O) groups excluding carboxylic acids is 2. The van der Waals surface area contributed by atoms with Crippen LogP contribution in [-0.4, -0.2) is 54.3 Å². The summed E-state index contributed by atoms with van der Waals surface area (Å²) in [5, 5.41) is 2.96. The van der Waals surface area contributed by atoms with E-state index in [-0.39, 0.29) is 24.4 Å². The van der Waals surface area contributed by atoms with Gasteiger partial charge in [-0.25, -0.2) is 0 Å². The zero-order chi connectivity index (χ0) is 19.4. The van der Waals surface area contributed by atoms with Gasteiger partial charge >= 0.3 is 0 Å². The number of hydrogen-bond acceptors (Lipinski definition) is 3. The third-order valence-electron chi connectivity index (χ3n) is 5.26. The topological polar surface area (TPSA) is 52.7 Å². The van der Waals surface area contributed by atoms with Crippen molar-refractivity contribution >= 4 is 17.5 Å². The van der Waals surface area contributed by atoms with Crippen LogP contribution in [0.3, 0.4) is 0 Å². The number of aryl methyl sites for hydroxylation is 2. The Bertz CT molecular complexity index is 649. The molecule has 0 radical (unpaired) electrons. The van der Waals surface area contributed by atoms with Crippen LogP contribution in [0.5, 0.6) is 0 Å². The number of amides is 2. The molecule has 1 aliphatic heterocycles. The first-order chi connectivity index (χ1) is 12.2. The number of carbonyl (C=O) groups is 2. The fourth-order valence-electron chi connectivity index (χ4n) is 3.72. The van der Waals surface area contributed by atoms with Gasteiger partial charge in [-0.1, -0.05) is 26.0 Å². The van der Waals surface area contributed by atoms with E-state index in [1.54, 1.807) is 0 Å². The number of hydrogen-bond donors (Lipinski definition) is 1. The van der Waals surface area contributed by atoms with E-state index in [9.17, 15) is 9.59 Å². The van der Waals surface area contributed by atoms with Gasteiger partial charge in [-0.15, -0.1) is 0 Å². The van der Waals surface area contributed by atoms with E-state index in [0.717, 1.165) is 29.9 Å². The normalized spacial score (nSPS) is 21.6. The van der Waals surface area contributed by atoms with Crippen molar-refractivity contribution in [2.75, 3.05) is 32.0 Å². The highest BCUT2D eigenvalue weighted by atomic mass is 16.2. The number of likely N-dealkylation sites (tertiary alicyclic amines) is 1. The molecule has 1 aromatic carbocycles. The largest absolute Gasteiger partial charge is 0.341 e. The van der Waals surface area contributed by atoms with Gasteiger partial charge in [0.25, 0.3) is 0 Å². The number of rotatable bonds is 5. The quantitative estimate of drug-likeness (QED) is 0.879. The van der Waals surface area contributed by atoms with Crippen molar-refractivity contribution in [3.8, 4) is 0 Å². The first kappa shape index (κ1) is 20.4. The van der Waals surface area contributed by atoms with Crippen molar-refractivity contribution in [1.29, 1.82) is 0 Å². The van der Waals surface area contributed by atoms with E-state index in [2.05, 4.69) is 19.2 Å². The maximum Gasteiger partial charge on any atom is 0.239 e. The minimum atomic E-state index is -0.308. The summed E-state index contributed by atoms with van der Waals surface area (Å²) in [5.41, 5.74) is 2.98. The minimum Gasteiger partial charge on any atom is -0.341 e. The van der Waals surface area contributed by atoms with Crippen molar-refractivity contribution in [3.05, 3.63) is 29.3 Å². The van der Waals surface area contributed by atoms with Crippen LogP contribution in [0.1, 0.15) is 38.3 Å². The van der Waals surface area contributed by atoms with Gasteiger partial charge in [-0.3, -0.25) is 14.5 Å². The molecule has 2 rings (SSSR count). The molecule has 0 saturated carbocycles. The summed E-state index contributed by atoms with van der Waals surface area (Å²) in [6, 6.07) is 5.69. The third kappa shape index (κ3) is 5.31. The summed E-state index contributed by atoms with van der Waals surface area (Å²) >= 11 is 0. The van der Waals surface area contributed by atoms with E-state index in [1.165, 1.54) is 6.42 Å². The Morgan fingerprint density at radius 1 is 1.23 bits per heavy atom. The van der Waals surface area contributed by atoms with E-state index >= 15 is 0 Å². The van der Waals surface area contributed by atoms with E-state index in [0.29, 0.717) is 11.8 Å². The molecule has 1 saturated heterocycles. The Hall–Kier alpha value is -1.88. The monoisotopic (exact) mass is 359 g/mol. The van der Waals surface area contributed by atoms with Crippen LogP contribution in [0.15, 0.2) is 18.2 Å². The summed E-state index contributed by atoms with van der Waals surface area (Å²) in [7, 11) is 1.84. The Balaban J connectivity index is 1.93. The number of likely N-dealkylation sites (N-methyl/N-ethyl adjacent to an activating group) is 1. The molecule has 0 spiro atoms. The van der Waals surface area contributed by atoms with Crippen LogP contribution in [-0.2, 0) is 9.59 Å². The highest BCUT2D eigenvalue weighted by Crippen LogP contribution is 2.22. The predicted molar refractivity (Wildman–Crippen MR) is 106 cm³/mol. The SMILES string of the molecule is Cc1ccc(C)c(NC(=O)CN(C)[C@@H](C)C(=O)N2C[C@H](C)C[C@H](C)C2)c1. The van der Waals surface area contributed by atoms with Crippen LogP contribution in [0.2, 0.25) is 0 Å². The zero-order valence-electron chi connectivity index (χ0n) is 17.0. The molecule has 2 amide bonds. The lowest BCUT2D eigenvalue weighted by atomic mass is 9.91. The second kappa shape index (κ2) is 8.67. The van der Waals surface area contributed by atoms with Gasteiger partial charge in [0.15, 0.2) is 0 Å². The molecular formula is C21H33N3O2. The highest BCUT2D eigenvalue weighted by molar-refractivity contribution is 5.93. The van der Waals surface area contributed by atoms with Crippen LogP contribution < -0.4 is 5.32 Å². The zero-order valence-corrected chi connectivity index (χ0v) is 17.0. The number of anilines is 1. The molecule has 1 aromatic rings. The number of nitrogens with one attached hydrogen (secondary N) is 1. The molecule has 1 aliphatic rings. The molecule has 0 unspecified atom stereocenters. The molecule has 0 bridgehead atoms. The third-order valence-corrected chi connectivity index (χ3v) is 5.26. The standard InChI is InChI=1S/C21H33N3O2/c1-14-7-8-17(4)19(10-14)22-20(25)13-23(6)18(5)21(26)24-11-15(2)9-16(3)12-24/h7-8,10,15-16,18H,9,11-13H2,1-6H3,(H,22,25)/t15-,16+,18-/m0/s1. The van der Waals surface area contributed by atoms with Crippen molar-refractivity contribution in [2.24, 2.45) is 11.8 Å². The first-order valence-corrected chi connectivity index (χ1v) is 9.53. The number of piperidine rings is 1. The molecule has 26 heavy (non-hydrogen) atoms. The molecule has 5 heteroatoms. The van der Waals surface area contributed by atoms with Crippen LogP contribution in [0.25, 0.3) is 0 Å². The molecule has 1 fully saturated rings. The van der Waals surface area contributed by atoms with Crippen molar-refractivity contribution in [1.82, 2.24) is 9.80 Å². The van der Waals surface area contributed by atoms with E-state index < -0.39 is 0 Å². The molecular weight excluding hydrogens is 326 g/mol. The fourth-order valence-corrected chi connectivity index (χ4v) is 3.72. The molecule has 0 aromatic heterocycles. The van der Waals surface area contributed by atoms with Gasteiger partial charge in [0.05, 0.1) is 12.6 Å². The van der Waals surface area contributed by atoms with Crippen molar-refractivity contribution in [3.63, 3.8) is 0 Å². The lowest BCUT2D eigenvalue weighted by Crippen LogP contribution is -2.51. The highest BCUT2D eigenvalue weighted by Gasteiger charge is 2.30. The Labute approximate surface area is 157 Å². The van der Waals surface area contributed by atoms with Crippen molar-refractivity contribution in [2.45, 2.75) is 47.1 Å². The van der Waals surface area contributed by atoms with Gasteiger partial charge in [-0.2, -0.15) is 0 Å². The van der Waals surface area contributed by atoms with E-state index in [4.69, 9.17) is 0 Å². The van der Waals surface area contributed by atoms with Crippen LogP contribution in [0.4, 0.5) is 5.69 Å². The second-order valence-electron chi connectivity index (χ2n) is 8.15. The minimum absolute atomic E-state index is 0.0961. The molecule has 5 nitrogen and oxygen atoms in total. The van der Waals surface area contributed by atoms with Gasteiger partial charge in [0, 0.05) is 18.8 Å². The molecule has 144 valence electrons. The van der Waals surface area contributed by atoms with Crippen LogP contribution in [0, 0.1) is 25.7 Å². The smallest absolute Gasteiger partial charge is 0.239 e. The Morgan fingerprint density at radius 3 is 2.46 bits per heavy atom. The maximum atomic E-state index is 12.8. The Kier molecular flexibility index (Phi) is 6.81. The van der Waals surface area contributed by atoms with E-state index in [1.807, 2.05) is 55.8 Å². The molecule has 1 N–H and O–H groups in total. The lowest BCUT2D eigenvalue weighted by Gasteiger charge is -2.38. The van der Waals surface area contributed by atoms with Crippen LogP contribution >= 0.6 is 0 Å². The molecule has 0 aliphatic carbocycles. The number of nitrogens with zero attached hydrogens (tertiary/aromatic N) is 2. The molecule has 1 heterocycles. The summed E-state index contributed by atoms with van der Waals surface area (Å²) in [6.07, 6.45) is 1.17. The average molecular weight is 360 g/mol. The lowest BCUT2D eigenvalue weighted by molar-refractivity contribution is -0.139. The first-order valence-electron chi connectivity index (χ1n) is 9.53. The van der Waals surface area contributed by atoms with Crippen molar-refractivity contribution < 1.29 is 9.59 Å². The second-order valence-corrected chi connectivity index (χ2v) is 8.15. The Morgan fingerprint density at radius 2 is 1.85 bits per heavy atom. The summed E-state index contributed by atoms with van der Waals surface area (Å²) in [6.45, 7) is 12.1. The average Bonchev–Trinajstić information content (AvgIpc) is 2.55. The van der Waals surface area contributed by atoms with Gasteiger partial charge in [0.2, 0.25) is 11.8 Å². The maximum absolute atomic E-state index is 12.8. The fraction of sp³-hybridized carbons (Fsp3) is 0.619. The van der Waals surface area contributed by atoms with Gasteiger partial charge < -0.3 is 10.2 Å². The number of benzene rings is 1. The summed E-state index contributed by atoms with van der Waals surface area (Å²) < 4.78 is 0. The predicted octanol–water partition coefficient (Wildman–Crippen LogP) is 3.07. The molecule has 3 atom stereocenters. The van der Waals surface area contributed by atoms with Gasteiger partial charge in [0.1, 0.15) is 0 Å². The summed E-state index contributed by atoms with van der Waals surface area (Å²) in [5.74, 6) is 1.09. The summed E-state index contributed by atoms with van der Waals surface area (Å²) in [4.78, 5) is 29.0.